The van der Waals surface area contributed by atoms with Crippen molar-refractivity contribution < 1.29 is 73.1 Å². The predicted octanol–water partition coefficient (Wildman–Crippen LogP) is 9.87. The molecule has 84 heavy (non-hydrogen) atoms. The van der Waals surface area contributed by atoms with E-state index in [1.54, 1.807) is 11.9 Å². The molecule has 0 aromatic carbocycles. The molecule has 1 unspecified atom stereocenters. The Balaban J connectivity index is -0.000000144. The molecule has 0 aromatic heterocycles. The lowest BCUT2D eigenvalue weighted by Crippen LogP contribution is -2.79. The normalized spacial score (nSPS) is 10.3. The van der Waals surface area contributed by atoms with Crippen LogP contribution in [0.2, 0.25) is 0 Å². The number of aliphatic hydroxyl groups is 1. The third-order valence-corrected chi connectivity index (χ3v) is 11.5. The van der Waals surface area contributed by atoms with Crippen LogP contribution >= 0.6 is 0 Å². The van der Waals surface area contributed by atoms with Gasteiger partial charge < -0.3 is 64.4 Å². The first-order valence-corrected chi connectivity index (χ1v) is 31.4. The third kappa shape index (κ3) is 93.7. The molecule has 0 aliphatic rings. The van der Waals surface area contributed by atoms with Gasteiger partial charge >= 0.3 is 23.9 Å². The van der Waals surface area contributed by atoms with Gasteiger partial charge in [0.25, 0.3) is 0 Å². The molecule has 1 atom stereocenters. The second kappa shape index (κ2) is 82.5. The zero-order chi connectivity index (χ0) is 64.6. The number of amides is 2. The molecule has 0 fully saturated rings. The fourth-order valence-electron chi connectivity index (χ4n) is 6.91. The van der Waals surface area contributed by atoms with E-state index in [1.165, 1.54) is 62.8 Å². The number of carbonyl (C=O) groups is 7. The highest BCUT2D eigenvalue weighted by molar-refractivity contribution is 5.93. The number of aliphatic hydroxyl groups excluding tert-OH is 1. The summed E-state index contributed by atoms with van der Waals surface area (Å²) >= 11 is 0. The highest BCUT2D eigenvalue weighted by atomic mass is 16.5. The van der Waals surface area contributed by atoms with E-state index in [0.29, 0.717) is 71.8 Å². The standard InChI is InChI=1S/C18H35NO3.C14H27NO4.C14H26O4.C8H13NO3.2C4H11N.C2H4.CH4/c1-4-6-7-8-11-14-18(21)22-16-12-9-10-13-17(20)19(3)15-5-2;1-4-8-15(3)11-13(16)12-18-9-6-7-10-19-14(17)5-2;1-2-3-4-5-8-11-14(17)18-12-9-6-7-10-13(15)16;1-3-6-9(2)7(10)4-5-8(11)12;2*1-3-4-5-2;1-2;/h4-16H2,1-3H3;5,13,16H,2,4,6-12H2,1,3H3;2-12H2,1H3,(H,15,16);4-5H,3,6H2,1-2H3,(H,11,12);2*5H,3-4H2,1-2H3;1-2H2;1H4. The maximum atomic E-state index is 11.7. The average Bonchev–Trinajstić information content (AvgIpc) is 3.45. The Hall–Kier alpha value is -4.69. The lowest BCUT2D eigenvalue weighted by atomic mass is 10.1. The number of rotatable bonds is 46. The van der Waals surface area contributed by atoms with E-state index in [4.69, 9.17) is 24.1 Å². The summed E-state index contributed by atoms with van der Waals surface area (Å²) in [6.45, 7) is 31.8. The van der Waals surface area contributed by atoms with Gasteiger partial charge in [0.15, 0.2) is 0 Å². The molecular weight excluding hydrogens is 1070 g/mol. The molecule has 19 heteroatoms. The number of nitrogens with zero attached hydrogens (tertiary/aromatic N) is 3. The van der Waals surface area contributed by atoms with E-state index >= 15 is 0 Å². The van der Waals surface area contributed by atoms with E-state index in [-0.39, 0.29) is 37.6 Å². The molecule has 0 bridgehead atoms. The summed E-state index contributed by atoms with van der Waals surface area (Å²) in [5.74, 6) is -2.78. The largest absolute Gasteiger partial charge is 0.550 e. The average molecular weight is 1210 g/mol. The monoisotopic (exact) mass is 1210 g/mol. The van der Waals surface area contributed by atoms with Gasteiger partial charge in [-0.05, 0) is 130 Å². The first-order valence-electron chi connectivity index (χ1n) is 31.4. The Bertz CT molecular complexity index is 1480. The van der Waals surface area contributed by atoms with Crippen molar-refractivity contribution in [3.05, 3.63) is 38.0 Å². The maximum Gasteiger partial charge on any atom is 0.330 e. The van der Waals surface area contributed by atoms with Crippen LogP contribution in [0.4, 0.5) is 0 Å². The third-order valence-electron chi connectivity index (χ3n) is 11.5. The summed E-state index contributed by atoms with van der Waals surface area (Å²) < 4.78 is 20.5. The van der Waals surface area contributed by atoms with Crippen molar-refractivity contribution in [2.45, 2.75) is 235 Å². The van der Waals surface area contributed by atoms with E-state index in [0.717, 1.165) is 128 Å². The van der Waals surface area contributed by atoms with E-state index in [9.17, 15) is 43.8 Å². The first kappa shape index (κ1) is 95.6. The summed E-state index contributed by atoms with van der Waals surface area (Å²) in [6.07, 6.45) is 27.5. The van der Waals surface area contributed by atoms with Crippen molar-refractivity contribution in [1.82, 2.24) is 20.0 Å². The number of carboxylic acids is 2. The lowest BCUT2D eigenvalue weighted by molar-refractivity contribution is -0.626. The van der Waals surface area contributed by atoms with Crippen LogP contribution in [0.3, 0.4) is 0 Å². The summed E-state index contributed by atoms with van der Waals surface area (Å²) in [5.41, 5.74) is 0. The van der Waals surface area contributed by atoms with Crippen molar-refractivity contribution in [2.75, 3.05) is 108 Å². The lowest BCUT2D eigenvalue weighted by Gasteiger charge is -2.19. The summed E-state index contributed by atoms with van der Waals surface area (Å²) in [7, 11) is 9.53. The summed E-state index contributed by atoms with van der Waals surface area (Å²) in [6, 6.07) is 0. The quantitative estimate of drug-likeness (QED) is 0.0145. The zero-order valence-electron chi connectivity index (χ0n) is 55.0. The van der Waals surface area contributed by atoms with Crippen LogP contribution in [0.25, 0.3) is 0 Å². The number of nitrogens with one attached hydrogen (secondary N) is 1. The SMILES string of the molecule is C.C=C.C=CC(=O)OCCCCOCC(O)CN(C)CCC.CCCCCCCC(=O)OCCCCCC(=O)N(C)CCC.CCCCCCCC(=O)OCCCCCC(=O)[O-].CCCN(C)C(=O)C=CC(=O)O.CCCNC.CCC[NH2+]C. The molecule has 0 saturated heterocycles. The predicted molar refractivity (Wildman–Crippen MR) is 343 cm³/mol. The first-order chi connectivity index (χ1) is 39.8. The van der Waals surface area contributed by atoms with Crippen LogP contribution in [0.15, 0.2) is 38.0 Å². The van der Waals surface area contributed by atoms with E-state index in [1.807, 2.05) is 28.1 Å². The molecule has 19 nitrogen and oxygen atoms in total. The number of aliphatic carboxylic acids is 2. The minimum Gasteiger partial charge on any atom is -0.550 e. The van der Waals surface area contributed by atoms with Gasteiger partial charge in [0.05, 0.1) is 46.1 Å². The number of quaternary nitrogens is 1. The molecule has 0 spiro atoms. The molecule has 0 aliphatic heterocycles. The number of hydrogen-bond donors (Lipinski definition) is 4. The summed E-state index contributed by atoms with van der Waals surface area (Å²) in [5, 5.41) is 33.3. The minimum absolute atomic E-state index is 0. The van der Waals surface area contributed by atoms with Crippen LogP contribution in [0, 0.1) is 0 Å². The van der Waals surface area contributed by atoms with Crippen LogP contribution in [-0.2, 0) is 52.5 Å². The van der Waals surface area contributed by atoms with Gasteiger partial charge in [0.1, 0.15) is 0 Å². The van der Waals surface area contributed by atoms with Gasteiger partial charge in [0, 0.05) is 83.8 Å². The molecule has 500 valence electrons. The number of likely N-dealkylation sites (N-methyl/N-ethyl adjacent to an activating group) is 2. The van der Waals surface area contributed by atoms with Crippen molar-refractivity contribution in [2.24, 2.45) is 0 Å². The maximum absolute atomic E-state index is 11.7. The van der Waals surface area contributed by atoms with Crippen LogP contribution in [0.5, 0.6) is 0 Å². The number of carbonyl (C=O) groups excluding carboxylic acids is 6. The number of ether oxygens (including phenoxy) is 4. The number of carboxylic acid groups (broad SMARTS) is 2. The van der Waals surface area contributed by atoms with Gasteiger partial charge in [-0.2, -0.15) is 0 Å². The van der Waals surface area contributed by atoms with Gasteiger partial charge in [-0.15, -0.1) is 13.2 Å². The topological polar surface area (TPSA) is 258 Å². The number of esters is 3. The molecule has 0 saturated carbocycles. The van der Waals surface area contributed by atoms with Gasteiger partial charge in [-0.25, -0.2) is 9.59 Å². The molecule has 0 aromatic rings. The molecule has 0 radical (unpaired) electrons. The molecule has 0 aliphatic carbocycles. The highest BCUT2D eigenvalue weighted by Gasteiger charge is 2.09. The minimum atomic E-state index is -1.10. The Morgan fingerprint density at radius 3 is 1.42 bits per heavy atom. The molecular formula is C65H131N5O14. The van der Waals surface area contributed by atoms with Crippen molar-refractivity contribution in [3.63, 3.8) is 0 Å². The summed E-state index contributed by atoms with van der Waals surface area (Å²) in [4.78, 5) is 81.8. The van der Waals surface area contributed by atoms with Crippen molar-refractivity contribution in [1.29, 1.82) is 0 Å². The highest BCUT2D eigenvalue weighted by Crippen LogP contribution is 2.09. The number of hydrogen-bond acceptors (Lipinski definition) is 15. The van der Waals surface area contributed by atoms with E-state index in [2.05, 4.69) is 83.9 Å². The van der Waals surface area contributed by atoms with Crippen molar-refractivity contribution >= 4 is 41.7 Å². The fourth-order valence-corrected chi connectivity index (χ4v) is 6.91. The van der Waals surface area contributed by atoms with Gasteiger partial charge in [0.2, 0.25) is 11.8 Å². The van der Waals surface area contributed by atoms with Crippen LogP contribution < -0.4 is 15.7 Å². The molecule has 5 N–H and O–H groups in total. The Morgan fingerprint density at radius 1 is 0.571 bits per heavy atom. The zero-order valence-corrected chi connectivity index (χ0v) is 55.0. The van der Waals surface area contributed by atoms with Crippen molar-refractivity contribution in [3.8, 4) is 0 Å². The van der Waals surface area contributed by atoms with Gasteiger partial charge in [-0.1, -0.05) is 114 Å². The molecule has 0 rings (SSSR count). The van der Waals surface area contributed by atoms with Crippen LogP contribution in [0.1, 0.15) is 229 Å². The molecule has 0 heterocycles. The van der Waals surface area contributed by atoms with Crippen LogP contribution in [-0.4, -0.2) is 180 Å². The second-order valence-corrected chi connectivity index (χ2v) is 19.9. The fraction of sp³-hybridized carbons (Fsp3) is 0.800. The number of nitrogens with two attached hydrogens (primary N) is 1. The second-order valence-electron chi connectivity index (χ2n) is 19.9. The number of unbranched alkanes of at least 4 members (excludes halogenated alkanes) is 13. The smallest absolute Gasteiger partial charge is 0.330 e. The van der Waals surface area contributed by atoms with E-state index < -0.39 is 24.0 Å². The Labute approximate surface area is 513 Å². The molecule has 2 amide bonds. The van der Waals surface area contributed by atoms with Gasteiger partial charge in [-0.3, -0.25) is 19.2 Å². The Morgan fingerprint density at radius 2 is 1.01 bits per heavy atom. The Kier molecular flexibility index (Phi) is 94.0.